The molecule has 1 aliphatic rings. The molecule has 9 heteroatoms. The van der Waals surface area contributed by atoms with Crippen molar-refractivity contribution in [2.24, 2.45) is 0 Å². The Balaban J connectivity index is 2.03. The molecule has 0 aliphatic carbocycles. The number of carboxylic acid groups (broad SMARTS) is 1. The van der Waals surface area contributed by atoms with Crippen molar-refractivity contribution in [2.45, 2.75) is 18.5 Å². The van der Waals surface area contributed by atoms with Crippen LogP contribution in [0, 0.1) is 0 Å². The number of carboxylic acids is 1. The molecule has 1 unspecified atom stereocenters. The first-order chi connectivity index (χ1) is 11.3. The van der Waals surface area contributed by atoms with E-state index in [0.717, 1.165) is 0 Å². The number of nitrogens with one attached hydrogen (secondary N) is 2. The maximum atomic E-state index is 12.1. The number of benzene rings is 1. The highest BCUT2D eigenvalue weighted by Crippen LogP contribution is 2.32. The first-order valence-corrected chi connectivity index (χ1v) is 7.06. The van der Waals surface area contributed by atoms with Crippen LogP contribution in [-0.2, 0) is 16.1 Å². The molecule has 126 valence electrons. The van der Waals surface area contributed by atoms with E-state index in [-0.39, 0.29) is 12.4 Å². The van der Waals surface area contributed by atoms with Gasteiger partial charge in [-0.25, -0.2) is 4.79 Å². The smallest absolute Gasteiger partial charge is 0.322 e. The van der Waals surface area contributed by atoms with Gasteiger partial charge in [-0.2, -0.15) is 0 Å². The number of carbonyl (C=O) groups is 3. The van der Waals surface area contributed by atoms with Crippen molar-refractivity contribution >= 4 is 28.7 Å². The molecule has 2 aromatic rings. The summed E-state index contributed by atoms with van der Waals surface area (Å²) in [5.74, 6) is -1.60. The summed E-state index contributed by atoms with van der Waals surface area (Å²) in [4.78, 5) is 34.7. The molecule has 0 saturated carbocycles. The molecule has 0 spiro atoms. The van der Waals surface area contributed by atoms with Gasteiger partial charge in [-0.15, -0.1) is 0 Å². The van der Waals surface area contributed by atoms with Crippen molar-refractivity contribution in [1.82, 2.24) is 15.2 Å². The highest BCUT2D eigenvalue weighted by Gasteiger charge is 2.48. The lowest BCUT2D eigenvalue weighted by Gasteiger charge is -2.24. The van der Waals surface area contributed by atoms with Crippen molar-refractivity contribution in [1.29, 1.82) is 0 Å². The molecule has 1 aliphatic heterocycles. The predicted octanol–water partition coefficient (Wildman–Crippen LogP) is 0.408. The first kappa shape index (κ1) is 15.7. The van der Waals surface area contributed by atoms with Crippen LogP contribution >= 0.6 is 0 Å². The molecule has 1 fully saturated rings. The Morgan fingerprint density at radius 3 is 2.71 bits per heavy atom. The molecule has 4 N–H and O–H groups in total. The average molecular weight is 333 g/mol. The average Bonchev–Trinajstić information content (AvgIpc) is 2.95. The Bertz CT molecular complexity index is 858. The highest BCUT2D eigenvalue weighted by molar-refractivity contribution is 6.08. The van der Waals surface area contributed by atoms with Gasteiger partial charge in [0.05, 0.1) is 20.1 Å². The van der Waals surface area contributed by atoms with Crippen molar-refractivity contribution in [2.75, 3.05) is 7.11 Å². The molecular formula is C15H15N3O6. The molecule has 24 heavy (non-hydrogen) atoms. The minimum atomic E-state index is -1.67. The molecule has 1 aromatic heterocycles. The zero-order valence-electron chi connectivity index (χ0n) is 12.7. The second kappa shape index (κ2) is 5.44. The number of nitrogens with zero attached hydrogens (tertiary/aromatic N) is 1. The molecule has 2 heterocycles. The van der Waals surface area contributed by atoms with Gasteiger partial charge in [0.1, 0.15) is 11.3 Å². The number of aliphatic carboxylic acids is 1. The van der Waals surface area contributed by atoms with Crippen LogP contribution < -0.4 is 15.4 Å². The summed E-state index contributed by atoms with van der Waals surface area (Å²) in [7, 11) is 1.50. The number of methoxy groups -OCH3 is 1. The van der Waals surface area contributed by atoms with Crippen LogP contribution in [0.5, 0.6) is 11.6 Å². The van der Waals surface area contributed by atoms with E-state index in [1.165, 1.54) is 11.7 Å². The van der Waals surface area contributed by atoms with E-state index in [1.807, 2.05) is 5.32 Å². The second-order valence-electron chi connectivity index (χ2n) is 5.59. The number of ether oxygens (including phenoxy) is 1. The van der Waals surface area contributed by atoms with Crippen LogP contribution in [0.4, 0.5) is 4.79 Å². The van der Waals surface area contributed by atoms with Crippen LogP contribution in [0.15, 0.2) is 24.4 Å². The normalized spacial score (nSPS) is 20.0. The van der Waals surface area contributed by atoms with Gasteiger partial charge in [-0.1, -0.05) is 0 Å². The molecule has 9 nitrogen and oxygen atoms in total. The van der Waals surface area contributed by atoms with E-state index in [0.29, 0.717) is 16.5 Å². The van der Waals surface area contributed by atoms with E-state index in [4.69, 9.17) is 9.84 Å². The summed E-state index contributed by atoms with van der Waals surface area (Å²) in [6.07, 6.45) is 0.966. The summed E-state index contributed by atoms with van der Waals surface area (Å²) in [5.41, 5.74) is -1.67. The van der Waals surface area contributed by atoms with Crippen LogP contribution in [0.3, 0.4) is 0 Å². The van der Waals surface area contributed by atoms with Gasteiger partial charge < -0.3 is 24.8 Å². The Morgan fingerprint density at radius 2 is 2.12 bits per heavy atom. The van der Waals surface area contributed by atoms with Crippen molar-refractivity contribution in [3.05, 3.63) is 24.4 Å². The van der Waals surface area contributed by atoms with Gasteiger partial charge in [0.15, 0.2) is 5.88 Å². The summed E-state index contributed by atoms with van der Waals surface area (Å²) >= 11 is 0. The van der Waals surface area contributed by atoms with Crippen molar-refractivity contribution in [3.63, 3.8) is 0 Å². The van der Waals surface area contributed by atoms with E-state index >= 15 is 0 Å². The van der Waals surface area contributed by atoms with Gasteiger partial charge in [-0.3, -0.25) is 14.9 Å². The Kier molecular flexibility index (Phi) is 3.55. The van der Waals surface area contributed by atoms with Gasteiger partial charge in [-0.05, 0) is 18.2 Å². The molecular weight excluding hydrogens is 318 g/mol. The number of hydrogen-bond acceptors (Lipinski definition) is 5. The molecule has 3 amide bonds. The number of hydrogen-bond donors (Lipinski definition) is 4. The number of rotatable bonds is 5. The fourth-order valence-corrected chi connectivity index (χ4v) is 2.84. The molecule has 0 bridgehead atoms. The summed E-state index contributed by atoms with van der Waals surface area (Å²) in [6.45, 7) is -0.223. The number of fused-ring (bicyclic) bond motifs is 1. The maximum absolute atomic E-state index is 12.1. The van der Waals surface area contributed by atoms with Crippen LogP contribution in [0.25, 0.3) is 10.8 Å². The second-order valence-corrected chi connectivity index (χ2v) is 5.59. The minimum absolute atomic E-state index is 0.150. The summed E-state index contributed by atoms with van der Waals surface area (Å²) in [5, 5.41) is 25.0. The first-order valence-electron chi connectivity index (χ1n) is 7.06. The van der Waals surface area contributed by atoms with Gasteiger partial charge in [0, 0.05) is 17.0 Å². The van der Waals surface area contributed by atoms with Crippen molar-refractivity contribution < 1.29 is 29.3 Å². The number of carbonyl (C=O) groups excluding carboxylic acids is 2. The van der Waals surface area contributed by atoms with Crippen molar-refractivity contribution in [3.8, 4) is 11.6 Å². The van der Waals surface area contributed by atoms with Crippen LogP contribution in [-0.4, -0.2) is 45.3 Å². The number of aromatic nitrogens is 1. The quantitative estimate of drug-likeness (QED) is 0.586. The molecule has 0 radical (unpaired) electrons. The fourth-order valence-electron chi connectivity index (χ4n) is 2.84. The zero-order valence-corrected chi connectivity index (χ0v) is 12.7. The Hall–Kier alpha value is -3.23. The van der Waals surface area contributed by atoms with Crippen LogP contribution in [0.2, 0.25) is 0 Å². The van der Waals surface area contributed by atoms with E-state index in [1.54, 1.807) is 24.4 Å². The molecule has 1 atom stereocenters. The summed E-state index contributed by atoms with van der Waals surface area (Å²) < 4.78 is 6.44. The van der Waals surface area contributed by atoms with E-state index < -0.39 is 29.9 Å². The van der Waals surface area contributed by atoms with E-state index in [2.05, 4.69) is 5.32 Å². The summed E-state index contributed by atoms with van der Waals surface area (Å²) in [6, 6.07) is 4.29. The SMILES string of the molecule is COc1ccc2cn(CC3(CC(=O)O)NC(=O)NC3=O)c(O)c2c1. The number of amides is 3. The largest absolute Gasteiger partial charge is 0.497 e. The highest BCUT2D eigenvalue weighted by atomic mass is 16.5. The Labute approximate surface area is 135 Å². The van der Waals surface area contributed by atoms with Crippen LogP contribution in [0.1, 0.15) is 6.42 Å². The lowest BCUT2D eigenvalue weighted by molar-refractivity contribution is -0.141. The van der Waals surface area contributed by atoms with E-state index in [9.17, 15) is 19.5 Å². The van der Waals surface area contributed by atoms with Gasteiger partial charge >= 0.3 is 12.0 Å². The maximum Gasteiger partial charge on any atom is 0.322 e. The number of imide groups is 1. The standard InChI is InChI=1S/C15H15N3O6/c1-24-9-3-2-8-6-18(12(21)10(8)4-9)7-15(5-11(19)20)13(22)16-14(23)17-15/h2-4,6,21H,5,7H2,1H3,(H,19,20)(H2,16,17,22,23). The third-order valence-electron chi connectivity index (χ3n) is 3.98. The lowest BCUT2D eigenvalue weighted by Crippen LogP contribution is -2.51. The molecule has 3 rings (SSSR count). The predicted molar refractivity (Wildman–Crippen MR) is 81.8 cm³/mol. The lowest BCUT2D eigenvalue weighted by atomic mass is 9.95. The zero-order chi connectivity index (χ0) is 17.5. The third kappa shape index (κ3) is 2.49. The minimum Gasteiger partial charge on any atom is -0.497 e. The number of urea groups is 1. The fraction of sp³-hybridized carbons (Fsp3) is 0.267. The molecule has 1 saturated heterocycles. The topological polar surface area (TPSA) is 130 Å². The molecule has 1 aromatic carbocycles. The van der Waals surface area contributed by atoms with Gasteiger partial charge in [0.2, 0.25) is 0 Å². The monoisotopic (exact) mass is 333 g/mol. The van der Waals surface area contributed by atoms with Gasteiger partial charge in [0.25, 0.3) is 5.91 Å². The third-order valence-corrected chi connectivity index (χ3v) is 3.98. The number of aromatic hydroxyl groups is 1. The Morgan fingerprint density at radius 1 is 1.38 bits per heavy atom.